The molecule has 0 saturated carbocycles. The van der Waals surface area contributed by atoms with E-state index in [-0.39, 0.29) is 12.1 Å². The van der Waals surface area contributed by atoms with Crippen LogP contribution in [-0.2, 0) is 9.53 Å². The second-order valence-corrected chi connectivity index (χ2v) is 3.45. The summed E-state index contributed by atoms with van der Waals surface area (Å²) in [5.74, 6) is -0.0909. The Morgan fingerprint density at radius 2 is 2.00 bits per heavy atom. The largest absolute Gasteiger partial charge is 0.463 e. The topological polar surface area (TPSA) is 29.5 Å². The molecule has 0 atom stereocenters. The van der Waals surface area contributed by atoms with E-state index < -0.39 is 0 Å². The maximum absolute atomic E-state index is 11.0. The van der Waals surface area contributed by atoms with E-state index >= 15 is 0 Å². The highest BCUT2D eigenvalue weighted by atomic mass is 16.5. The Balaban J connectivity index is 3.32. The number of rotatable bonds is 5. The fourth-order valence-corrected chi connectivity index (χ4v) is 0.861. The number of ether oxygens (including phenoxy) is 1. The molecule has 0 amide bonds. The van der Waals surface area contributed by atoms with Crippen molar-refractivity contribution in [2.75, 3.05) is 20.6 Å². The van der Waals surface area contributed by atoms with Crippen LogP contribution >= 0.6 is 0 Å². The van der Waals surface area contributed by atoms with Gasteiger partial charge in [0.1, 0.15) is 0 Å². The number of hydrogen-bond acceptors (Lipinski definition) is 3. The van der Waals surface area contributed by atoms with Crippen molar-refractivity contribution in [2.45, 2.75) is 32.8 Å². The van der Waals surface area contributed by atoms with Crippen LogP contribution in [0.4, 0.5) is 0 Å². The van der Waals surface area contributed by atoms with Gasteiger partial charge in [0.05, 0.1) is 6.10 Å². The third-order valence-electron chi connectivity index (χ3n) is 1.35. The molecular formula is C9H19NO2. The Labute approximate surface area is 74.7 Å². The van der Waals surface area contributed by atoms with Gasteiger partial charge in [0.25, 0.3) is 0 Å². The molecule has 3 nitrogen and oxygen atoms in total. The van der Waals surface area contributed by atoms with E-state index in [4.69, 9.17) is 4.74 Å². The molecule has 0 radical (unpaired) electrons. The van der Waals surface area contributed by atoms with E-state index in [1.807, 2.05) is 27.9 Å². The van der Waals surface area contributed by atoms with Crippen LogP contribution in [0.2, 0.25) is 0 Å². The van der Waals surface area contributed by atoms with Crippen molar-refractivity contribution in [1.29, 1.82) is 0 Å². The van der Waals surface area contributed by atoms with Crippen LogP contribution in [0.3, 0.4) is 0 Å². The summed E-state index contributed by atoms with van der Waals surface area (Å²) in [5.41, 5.74) is 0. The van der Waals surface area contributed by atoms with Gasteiger partial charge in [0.2, 0.25) is 0 Å². The molecule has 0 aliphatic heterocycles. The molecule has 0 aromatic heterocycles. The van der Waals surface area contributed by atoms with Crippen molar-refractivity contribution in [2.24, 2.45) is 0 Å². The van der Waals surface area contributed by atoms with Crippen LogP contribution in [0.1, 0.15) is 26.7 Å². The van der Waals surface area contributed by atoms with Gasteiger partial charge in [-0.1, -0.05) is 0 Å². The zero-order valence-corrected chi connectivity index (χ0v) is 8.46. The van der Waals surface area contributed by atoms with Crippen molar-refractivity contribution in [3.05, 3.63) is 0 Å². The normalized spacial score (nSPS) is 10.8. The second kappa shape index (κ2) is 6.00. The summed E-state index contributed by atoms with van der Waals surface area (Å²) in [4.78, 5) is 13.1. The first-order valence-corrected chi connectivity index (χ1v) is 4.36. The molecule has 0 N–H and O–H groups in total. The molecule has 0 aromatic carbocycles. The smallest absolute Gasteiger partial charge is 0.306 e. The van der Waals surface area contributed by atoms with Gasteiger partial charge in [-0.2, -0.15) is 0 Å². The molecule has 12 heavy (non-hydrogen) atoms. The minimum Gasteiger partial charge on any atom is -0.463 e. The molecule has 3 heteroatoms. The number of nitrogens with zero attached hydrogens (tertiary/aromatic N) is 1. The molecular weight excluding hydrogens is 154 g/mol. The Morgan fingerprint density at radius 3 is 2.42 bits per heavy atom. The molecule has 0 rings (SSSR count). The van der Waals surface area contributed by atoms with Gasteiger partial charge in [-0.05, 0) is 40.9 Å². The van der Waals surface area contributed by atoms with Crippen LogP contribution in [-0.4, -0.2) is 37.6 Å². The summed E-state index contributed by atoms with van der Waals surface area (Å²) < 4.78 is 4.97. The van der Waals surface area contributed by atoms with Gasteiger partial charge < -0.3 is 9.64 Å². The summed E-state index contributed by atoms with van der Waals surface area (Å²) >= 11 is 0. The molecule has 0 fully saturated rings. The Hall–Kier alpha value is -0.570. The molecule has 0 heterocycles. The van der Waals surface area contributed by atoms with Crippen molar-refractivity contribution in [3.8, 4) is 0 Å². The van der Waals surface area contributed by atoms with E-state index in [0.717, 1.165) is 13.0 Å². The average Bonchev–Trinajstić information content (AvgIpc) is 1.84. The number of hydrogen-bond donors (Lipinski definition) is 0. The van der Waals surface area contributed by atoms with Gasteiger partial charge in [0.15, 0.2) is 0 Å². The molecule has 0 aromatic rings. The molecule has 72 valence electrons. The summed E-state index contributed by atoms with van der Waals surface area (Å²) in [7, 11) is 3.99. The number of esters is 1. The summed E-state index contributed by atoms with van der Waals surface area (Å²) in [6.45, 7) is 4.67. The standard InChI is InChI=1S/C9H19NO2/c1-8(2)12-9(11)6-5-7-10(3)4/h8H,5-7H2,1-4H3. The van der Waals surface area contributed by atoms with E-state index in [0.29, 0.717) is 6.42 Å². The van der Waals surface area contributed by atoms with Gasteiger partial charge >= 0.3 is 5.97 Å². The van der Waals surface area contributed by atoms with Crippen LogP contribution in [0.15, 0.2) is 0 Å². The highest BCUT2D eigenvalue weighted by molar-refractivity contribution is 5.69. The summed E-state index contributed by atoms with van der Waals surface area (Å²) in [6.07, 6.45) is 1.41. The lowest BCUT2D eigenvalue weighted by molar-refractivity contribution is -0.147. The predicted octanol–water partition coefficient (Wildman–Crippen LogP) is 1.28. The highest BCUT2D eigenvalue weighted by Crippen LogP contribution is 1.97. The highest BCUT2D eigenvalue weighted by Gasteiger charge is 2.04. The number of carbonyl (C=O) groups is 1. The molecule has 0 spiro atoms. The van der Waals surface area contributed by atoms with Crippen LogP contribution in [0, 0.1) is 0 Å². The van der Waals surface area contributed by atoms with E-state index in [1.165, 1.54) is 0 Å². The summed E-state index contributed by atoms with van der Waals surface area (Å²) in [6, 6.07) is 0. The fraction of sp³-hybridized carbons (Fsp3) is 0.889. The SMILES string of the molecule is CC(C)OC(=O)CCCN(C)C. The lowest BCUT2D eigenvalue weighted by atomic mass is 10.3. The third-order valence-corrected chi connectivity index (χ3v) is 1.35. The minimum absolute atomic E-state index is 0.0110. The van der Waals surface area contributed by atoms with E-state index in [1.54, 1.807) is 0 Å². The lowest BCUT2D eigenvalue weighted by Gasteiger charge is -2.10. The zero-order valence-electron chi connectivity index (χ0n) is 8.46. The van der Waals surface area contributed by atoms with Gasteiger partial charge in [-0.15, -0.1) is 0 Å². The fourth-order valence-electron chi connectivity index (χ4n) is 0.861. The first kappa shape index (κ1) is 11.4. The predicted molar refractivity (Wildman–Crippen MR) is 49.0 cm³/mol. The van der Waals surface area contributed by atoms with Crippen LogP contribution in [0.25, 0.3) is 0 Å². The Bertz CT molecular complexity index is 132. The first-order valence-electron chi connectivity index (χ1n) is 4.36. The molecule has 0 bridgehead atoms. The van der Waals surface area contributed by atoms with Gasteiger partial charge in [-0.25, -0.2) is 0 Å². The maximum Gasteiger partial charge on any atom is 0.306 e. The third kappa shape index (κ3) is 7.54. The maximum atomic E-state index is 11.0. The monoisotopic (exact) mass is 173 g/mol. The molecule has 0 aliphatic rings. The average molecular weight is 173 g/mol. The van der Waals surface area contributed by atoms with E-state index in [2.05, 4.69) is 4.90 Å². The zero-order chi connectivity index (χ0) is 9.56. The van der Waals surface area contributed by atoms with Gasteiger partial charge in [0, 0.05) is 6.42 Å². The Kier molecular flexibility index (Phi) is 5.72. The van der Waals surface area contributed by atoms with Crippen molar-refractivity contribution < 1.29 is 9.53 Å². The van der Waals surface area contributed by atoms with Gasteiger partial charge in [-0.3, -0.25) is 4.79 Å². The van der Waals surface area contributed by atoms with Crippen molar-refractivity contribution in [3.63, 3.8) is 0 Å². The van der Waals surface area contributed by atoms with Crippen LogP contribution in [0.5, 0.6) is 0 Å². The number of carbonyl (C=O) groups excluding carboxylic acids is 1. The van der Waals surface area contributed by atoms with Crippen molar-refractivity contribution >= 4 is 5.97 Å². The first-order chi connectivity index (χ1) is 5.52. The minimum atomic E-state index is -0.0909. The van der Waals surface area contributed by atoms with Crippen molar-refractivity contribution in [1.82, 2.24) is 4.90 Å². The molecule has 0 aliphatic carbocycles. The molecule has 0 unspecified atom stereocenters. The summed E-state index contributed by atoms with van der Waals surface area (Å²) in [5, 5.41) is 0. The Morgan fingerprint density at radius 1 is 1.42 bits per heavy atom. The quantitative estimate of drug-likeness (QED) is 0.586. The molecule has 0 saturated heterocycles. The van der Waals surface area contributed by atoms with E-state index in [9.17, 15) is 4.79 Å². The van der Waals surface area contributed by atoms with Crippen LogP contribution < -0.4 is 0 Å². The lowest BCUT2D eigenvalue weighted by Crippen LogP contribution is -2.16. The second-order valence-electron chi connectivity index (χ2n) is 3.45.